The second kappa shape index (κ2) is 3.17. The Hall–Kier alpha value is -1.64. The topological polar surface area (TPSA) is 40.5 Å². The van der Waals surface area contributed by atoms with Crippen molar-refractivity contribution in [3.8, 4) is 0 Å². The molecule has 1 aliphatic rings. The fraction of sp³-hybridized carbons (Fsp3) is 0.143. The standard InChI is InChI=1S/C14H12O2/c1-8-13(15)11-6-9-4-2-3-5-10(9)7-12(11)14(8)16/h2-7,13-16H,1H2. The average molecular weight is 212 g/mol. The van der Waals surface area contributed by atoms with E-state index in [2.05, 4.69) is 6.58 Å². The molecule has 0 bridgehead atoms. The molecule has 0 saturated heterocycles. The van der Waals surface area contributed by atoms with Crippen LogP contribution in [0.1, 0.15) is 23.3 Å². The number of hydrogen-bond acceptors (Lipinski definition) is 2. The molecular weight excluding hydrogens is 200 g/mol. The first-order chi connectivity index (χ1) is 7.68. The highest BCUT2D eigenvalue weighted by Crippen LogP contribution is 2.43. The molecule has 1 aliphatic carbocycles. The van der Waals surface area contributed by atoms with Crippen molar-refractivity contribution in [1.82, 2.24) is 0 Å². The van der Waals surface area contributed by atoms with Gasteiger partial charge in [-0.15, -0.1) is 0 Å². The fourth-order valence-electron chi connectivity index (χ4n) is 2.30. The van der Waals surface area contributed by atoms with E-state index in [1.54, 1.807) is 0 Å². The van der Waals surface area contributed by atoms with E-state index in [9.17, 15) is 10.2 Å². The molecule has 2 heteroatoms. The Bertz CT molecular complexity index is 536. The molecule has 2 nitrogen and oxygen atoms in total. The van der Waals surface area contributed by atoms with Gasteiger partial charge in [-0.3, -0.25) is 0 Å². The van der Waals surface area contributed by atoms with Gasteiger partial charge in [-0.05, 0) is 39.6 Å². The van der Waals surface area contributed by atoms with E-state index < -0.39 is 12.2 Å². The number of fused-ring (bicyclic) bond motifs is 2. The second-order valence-corrected chi connectivity index (χ2v) is 4.21. The van der Waals surface area contributed by atoms with Gasteiger partial charge < -0.3 is 10.2 Å². The van der Waals surface area contributed by atoms with Gasteiger partial charge in [0.15, 0.2) is 0 Å². The van der Waals surface area contributed by atoms with Gasteiger partial charge in [0.25, 0.3) is 0 Å². The fourth-order valence-corrected chi connectivity index (χ4v) is 2.30. The third kappa shape index (κ3) is 1.14. The van der Waals surface area contributed by atoms with Crippen LogP contribution in [0.3, 0.4) is 0 Å². The van der Waals surface area contributed by atoms with Crippen LogP contribution in [0.15, 0.2) is 48.6 Å². The highest BCUT2D eigenvalue weighted by molar-refractivity contribution is 5.85. The minimum absolute atomic E-state index is 0.463. The molecular formula is C14H12O2. The van der Waals surface area contributed by atoms with Crippen LogP contribution in [0, 0.1) is 0 Å². The van der Waals surface area contributed by atoms with Crippen molar-refractivity contribution in [3.63, 3.8) is 0 Å². The molecule has 0 heterocycles. The zero-order valence-electron chi connectivity index (χ0n) is 8.72. The van der Waals surface area contributed by atoms with Gasteiger partial charge in [0.2, 0.25) is 0 Å². The molecule has 2 aromatic rings. The van der Waals surface area contributed by atoms with Crippen LogP contribution in [0.4, 0.5) is 0 Å². The van der Waals surface area contributed by atoms with Crippen molar-refractivity contribution in [1.29, 1.82) is 0 Å². The van der Waals surface area contributed by atoms with E-state index in [-0.39, 0.29) is 0 Å². The summed E-state index contributed by atoms with van der Waals surface area (Å²) in [6, 6.07) is 11.8. The largest absolute Gasteiger partial charge is 0.384 e. The molecule has 0 spiro atoms. The van der Waals surface area contributed by atoms with Crippen molar-refractivity contribution in [2.24, 2.45) is 0 Å². The lowest BCUT2D eigenvalue weighted by Gasteiger charge is -2.05. The normalized spacial score (nSPS) is 23.8. The summed E-state index contributed by atoms with van der Waals surface area (Å²) >= 11 is 0. The van der Waals surface area contributed by atoms with Crippen LogP contribution in [0.25, 0.3) is 10.8 Å². The molecule has 2 atom stereocenters. The maximum Gasteiger partial charge on any atom is 0.103 e. The maximum atomic E-state index is 9.92. The predicted molar refractivity (Wildman–Crippen MR) is 63.0 cm³/mol. The Labute approximate surface area is 93.5 Å². The first kappa shape index (κ1) is 9.58. The Morgan fingerprint density at radius 1 is 0.875 bits per heavy atom. The molecule has 80 valence electrons. The molecule has 0 radical (unpaired) electrons. The summed E-state index contributed by atoms with van der Waals surface area (Å²) < 4.78 is 0. The Morgan fingerprint density at radius 2 is 1.31 bits per heavy atom. The summed E-state index contributed by atoms with van der Waals surface area (Å²) in [5.74, 6) is 0. The zero-order valence-corrected chi connectivity index (χ0v) is 8.72. The molecule has 2 N–H and O–H groups in total. The van der Waals surface area contributed by atoms with Gasteiger partial charge in [0.1, 0.15) is 12.2 Å². The Kier molecular flexibility index (Phi) is 1.90. The molecule has 0 aromatic heterocycles. The number of benzene rings is 2. The lowest BCUT2D eigenvalue weighted by atomic mass is 10.0. The van der Waals surface area contributed by atoms with Gasteiger partial charge in [0, 0.05) is 0 Å². The third-order valence-electron chi connectivity index (χ3n) is 3.24. The monoisotopic (exact) mass is 212 g/mol. The molecule has 0 fully saturated rings. The first-order valence-electron chi connectivity index (χ1n) is 5.26. The predicted octanol–water partition coefficient (Wildman–Crippen LogP) is 2.48. The van der Waals surface area contributed by atoms with E-state index in [1.165, 1.54) is 0 Å². The maximum absolute atomic E-state index is 9.92. The third-order valence-corrected chi connectivity index (χ3v) is 3.24. The molecule has 0 amide bonds. The zero-order chi connectivity index (χ0) is 11.3. The second-order valence-electron chi connectivity index (χ2n) is 4.21. The summed E-state index contributed by atoms with van der Waals surface area (Å²) in [7, 11) is 0. The summed E-state index contributed by atoms with van der Waals surface area (Å²) in [5, 5.41) is 22.0. The van der Waals surface area contributed by atoms with Crippen LogP contribution in [-0.2, 0) is 0 Å². The number of rotatable bonds is 0. The van der Waals surface area contributed by atoms with Gasteiger partial charge in [-0.2, -0.15) is 0 Å². The van der Waals surface area contributed by atoms with Crippen LogP contribution in [-0.4, -0.2) is 10.2 Å². The summed E-state index contributed by atoms with van der Waals surface area (Å²) in [5.41, 5.74) is 2.01. The van der Waals surface area contributed by atoms with Gasteiger partial charge in [-0.25, -0.2) is 0 Å². The number of aliphatic hydroxyl groups is 2. The molecule has 0 aliphatic heterocycles. The smallest absolute Gasteiger partial charge is 0.103 e. The van der Waals surface area contributed by atoms with E-state index >= 15 is 0 Å². The highest BCUT2D eigenvalue weighted by Gasteiger charge is 2.32. The van der Waals surface area contributed by atoms with Crippen molar-refractivity contribution in [2.75, 3.05) is 0 Å². The lowest BCUT2D eigenvalue weighted by molar-refractivity contribution is 0.171. The van der Waals surface area contributed by atoms with Crippen molar-refractivity contribution >= 4 is 10.8 Å². The highest BCUT2D eigenvalue weighted by atomic mass is 16.3. The molecule has 2 unspecified atom stereocenters. The quantitative estimate of drug-likeness (QED) is 0.658. The molecule has 2 aromatic carbocycles. The van der Waals surface area contributed by atoms with E-state index in [4.69, 9.17) is 0 Å². The van der Waals surface area contributed by atoms with Crippen LogP contribution < -0.4 is 0 Å². The molecule has 16 heavy (non-hydrogen) atoms. The Morgan fingerprint density at radius 3 is 1.75 bits per heavy atom. The van der Waals surface area contributed by atoms with Crippen LogP contribution in [0.2, 0.25) is 0 Å². The minimum atomic E-state index is -0.741. The molecule has 3 rings (SSSR count). The average Bonchev–Trinajstić information content (AvgIpc) is 2.52. The van der Waals surface area contributed by atoms with Crippen molar-refractivity contribution in [3.05, 3.63) is 59.7 Å². The molecule has 0 saturated carbocycles. The summed E-state index contributed by atoms with van der Waals surface area (Å²) in [6.07, 6.45) is -1.48. The number of hydrogen-bond donors (Lipinski definition) is 2. The summed E-state index contributed by atoms with van der Waals surface area (Å²) in [6.45, 7) is 3.72. The van der Waals surface area contributed by atoms with E-state index in [0.29, 0.717) is 5.57 Å². The Balaban J connectivity index is 2.33. The van der Waals surface area contributed by atoms with Gasteiger partial charge in [0.05, 0.1) is 0 Å². The SMILES string of the molecule is C=C1C(O)c2cc3ccccc3cc2C1O. The minimum Gasteiger partial charge on any atom is -0.384 e. The first-order valence-corrected chi connectivity index (χ1v) is 5.26. The lowest BCUT2D eigenvalue weighted by Crippen LogP contribution is -1.95. The van der Waals surface area contributed by atoms with E-state index in [1.807, 2.05) is 36.4 Å². The summed E-state index contributed by atoms with van der Waals surface area (Å²) in [4.78, 5) is 0. The van der Waals surface area contributed by atoms with E-state index in [0.717, 1.165) is 21.9 Å². The van der Waals surface area contributed by atoms with Crippen molar-refractivity contribution < 1.29 is 10.2 Å². The van der Waals surface area contributed by atoms with Crippen molar-refractivity contribution in [2.45, 2.75) is 12.2 Å². The van der Waals surface area contributed by atoms with Crippen LogP contribution in [0.5, 0.6) is 0 Å². The van der Waals surface area contributed by atoms with Crippen LogP contribution >= 0.6 is 0 Å². The van der Waals surface area contributed by atoms with Gasteiger partial charge >= 0.3 is 0 Å². The number of aliphatic hydroxyl groups excluding tert-OH is 2. The van der Waals surface area contributed by atoms with Gasteiger partial charge in [-0.1, -0.05) is 30.8 Å².